The molecule has 0 N–H and O–H groups in total. The van der Waals surface area contributed by atoms with Gasteiger partial charge in [0, 0.05) is 12.8 Å². The maximum atomic E-state index is 12.4. The SMILES string of the molecule is CC(C)OC1CCCC(CP(C)(=O)OC(C)C)C1. The van der Waals surface area contributed by atoms with Gasteiger partial charge in [-0.1, -0.05) is 6.42 Å². The summed E-state index contributed by atoms with van der Waals surface area (Å²) in [6.45, 7) is 9.83. The first-order chi connectivity index (χ1) is 8.28. The molecule has 0 radical (unpaired) electrons. The molecule has 108 valence electrons. The quantitative estimate of drug-likeness (QED) is 0.678. The molecule has 18 heavy (non-hydrogen) atoms. The minimum Gasteiger partial charge on any atom is -0.376 e. The zero-order valence-corrected chi connectivity index (χ0v) is 13.4. The Kier molecular flexibility index (Phi) is 6.37. The lowest BCUT2D eigenvalue weighted by Gasteiger charge is -2.32. The summed E-state index contributed by atoms with van der Waals surface area (Å²) in [6.07, 6.45) is 5.93. The molecule has 3 atom stereocenters. The summed E-state index contributed by atoms with van der Waals surface area (Å²) in [5.74, 6) is 0.497. The molecular weight excluding hydrogens is 247 g/mol. The fourth-order valence-electron chi connectivity index (χ4n) is 2.87. The smallest absolute Gasteiger partial charge is 0.200 e. The molecular formula is C14H29O3P. The topological polar surface area (TPSA) is 35.5 Å². The van der Waals surface area contributed by atoms with Gasteiger partial charge < -0.3 is 9.26 Å². The van der Waals surface area contributed by atoms with E-state index in [1.165, 1.54) is 6.42 Å². The van der Waals surface area contributed by atoms with Gasteiger partial charge in [-0.2, -0.15) is 0 Å². The van der Waals surface area contributed by atoms with Gasteiger partial charge in [0.2, 0.25) is 7.37 Å². The van der Waals surface area contributed by atoms with E-state index in [4.69, 9.17) is 9.26 Å². The Hall–Kier alpha value is 0.150. The summed E-state index contributed by atoms with van der Waals surface area (Å²) in [5, 5.41) is 0. The maximum Gasteiger partial charge on any atom is 0.200 e. The van der Waals surface area contributed by atoms with Crippen molar-refractivity contribution in [2.75, 3.05) is 12.8 Å². The van der Waals surface area contributed by atoms with E-state index in [-0.39, 0.29) is 12.2 Å². The Labute approximate surface area is 112 Å². The van der Waals surface area contributed by atoms with E-state index in [0.717, 1.165) is 19.3 Å². The first kappa shape index (κ1) is 16.2. The van der Waals surface area contributed by atoms with Crippen LogP contribution in [-0.4, -0.2) is 31.1 Å². The van der Waals surface area contributed by atoms with E-state index in [1.54, 1.807) is 6.66 Å². The number of ether oxygens (including phenoxy) is 1. The maximum absolute atomic E-state index is 12.4. The normalized spacial score (nSPS) is 28.6. The van der Waals surface area contributed by atoms with Gasteiger partial charge in [0.05, 0.1) is 18.3 Å². The van der Waals surface area contributed by atoms with Gasteiger partial charge in [-0.05, 0) is 52.9 Å². The van der Waals surface area contributed by atoms with E-state index in [0.29, 0.717) is 18.2 Å². The van der Waals surface area contributed by atoms with Gasteiger partial charge in [0.15, 0.2) is 0 Å². The average molecular weight is 276 g/mol. The van der Waals surface area contributed by atoms with Crippen LogP contribution in [0, 0.1) is 5.92 Å². The van der Waals surface area contributed by atoms with Gasteiger partial charge >= 0.3 is 0 Å². The lowest BCUT2D eigenvalue weighted by molar-refractivity contribution is -0.0217. The first-order valence-corrected chi connectivity index (χ1v) is 9.44. The van der Waals surface area contributed by atoms with Crippen molar-refractivity contribution in [3.8, 4) is 0 Å². The fraction of sp³-hybridized carbons (Fsp3) is 1.00. The van der Waals surface area contributed by atoms with Gasteiger partial charge in [-0.3, -0.25) is 4.57 Å². The monoisotopic (exact) mass is 276 g/mol. The lowest BCUT2D eigenvalue weighted by atomic mass is 9.88. The molecule has 0 amide bonds. The predicted molar refractivity (Wildman–Crippen MR) is 76.6 cm³/mol. The predicted octanol–water partition coefficient (Wildman–Crippen LogP) is 4.30. The molecule has 0 aliphatic heterocycles. The fourth-order valence-corrected chi connectivity index (χ4v) is 5.12. The molecule has 0 saturated heterocycles. The van der Waals surface area contributed by atoms with Crippen LogP contribution in [0.15, 0.2) is 0 Å². The summed E-state index contributed by atoms with van der Waals surface area (Å²) >= 11 is 0. The second-order valence-corrected chi connectivity index (χ2v) is 8.79. The van der Waals surface area contributed by atoms with E-state index < -0.39 is 7.37 Å². The van der Waals surface area contributed by atoms with E-state index in [1.807, 2.05) is 13.8 Å². The number of rotatable bonds is 6. The molecule has 0 aromatic rings. The highest BCUT2D eigenvalue weighted by Crippen LogP contribution is 2.48. The molecule has 3 nitrogen and oxygen atoms in total. The first-order valence-electron chi connectivity index (χ1n) is 7.19. The van der Waals surface area contributed by atoms with Crippen LogP contribution < -0.4 is 0 Å². The van der Waals surface area contributed by atoms with Gasteiger partial charge in [0.1, 0.15) is 0 Å². The standard InChI is InChI=1S/C14H29O3P/c1-11(2)16-14-8-6-7-13(9-14)10-18(5,15)17-12(3)4/h11-14H,6-10H2,1-5H3. The van der Waals surface area contributed by atoms with E-state index in [9.17, 15) is 4.57 Å². The molecule has 0 aromatic heterocycles. The highest BCUT2D eigenvalue weighted by atomic mass is 31.2. The molecule has 1 aliphatic rings. The average Bonchev–Trinajstić information content (AvgIpc) is 2.13. The van der Waals surface area contributed by atoms with Crippen LogP contribution in [0.2, 0.25) is 0 Å². The van der Waals surface area contributed by atoms with Crippen molar-refractivity contribution in [1.29, 1.82) is 0 Å². The second kappa shape index (κ2) is 7.07. The third kappa shape index (κ3) is 6.36. The summed E-state index contributed by atoms with van der Waals surface area (Å²) in [4.78, 5) is 0. The summed E-state index contributed by atoms with van der Waals surface area (Å²) in [5.41, 5.74) is 0. The molecule has 0 heterocycles. The number of hydrogen-bond acceptors (Lipinski definition) is 3. The minimum atomic E-state index is -2.43. The van der Waals surface area contributed by atoms with E-state index in [2.05, 4.69) is 13.8 Å². The Morgan fingerprint density at radius 1 is 1.17 bits per heavy atom. The Balaban J connectivity index is 2.44. The molecule has 1 fully saturated rings. The second-order valence-electron chi connectivity index (χ2n) is 6.19. The van der Waals surface area contributed by atoms with Crippen molar-refractivity contribution in [2.24, 2.45) is 5.92 Å². The third-order valence-electron chi connectivity index (χ3n) is 3.22. The number of hydrogen-bond donors (Lipinski definition) is 0. The minimum absolute atomic E-state index is 0.0483. The van der Waals surface area contributed by atoms with Crippen molar-refractivity contribution < 1.29 is 13.8 Å². The molecule has 0 bridgehead atoms. The Morgan fingerprint density at radius 3 is 2.39 bits per heavy atom. The molecule has 1 saturated carbocycles. The molecule has 3 unspecified atom stereocenters. The van der Waals surface area contributed by atoms with Crippen LogP contribution >= 0.6 is 7.37 Å². The zero-order chi connectivity index (χ0) is 13.8. The van der Waals surface area contributed by atoms with E-state index >= 15 is 0 Å². The Morgan fingerprint density at radius 2 is 1.83 bits per heavy atom. The van der Waals surface area contributed by atoms with Gasteiger partial charge in [0.25, 0.3) is 0 Å². The van der Waals surface area contributed by atoms with Crippen LogP contribution in [0.4, 0.5) is 0 Å². The lowest BCUT2D eigenvalue weighted by Crippen LogP contribution is -2.27. The third-order valence-corrected chi connectivity index (χ3v) is 5.27. The van der Waals surface area contributed by atoms with Gasteiger partial charge in [-0.15, -0.1) is 0 Å². The van der Waals surface area contributed by atoms with Crippen molar-refractivity contribution >= 4 is 7.37 Å². The highest BCUT2D eigenvalue weighted by Gasteiger charge is 2.29. The van der Waals surface area contributed by atoms with Crippen LogP contribution in [0.5, 0.6) is 0 Å². The highest BCUT2D eigenvalue weighted by molar-refractivity contribution is 7.58. The molecule has 1 rings (SSSR count). The van der Waals surface area contributed by atoms with Crippen molar-refractivity contribution in [2.45, 2.75) is 71.7 Å². The largest absolute Gasteiger partial charge is 0.376 e. The summed E-state index contributed by atoms with van der Waals surface area (Å²) in [6, 6.07) is 0. The molecule has 0 aromatic carbocycles. The molecule has 1 aliphatic carbocycles. The molecule has 4 heteroatoms. The van der Waals surface area contributed by atoms with Crippen LogP contribution in [-0.2, 0) is 13.8 Å². The Bertz CT molecular complexity index is 289. The molecule has 0 spiro atoms. The van der Waals surface area contributed by atoms with Crippen molar-refractivity contribution in [3.63, 3.8) is 0 Å². The van der Waals surface area contributed by atoms with Crippen molar-refractivity contribution in [3.05, 3.63) is 0 Å². The van der Waals surface area contributed by atoms with Crippen molar-refractivity contribution in [1.82, 2.24) is 0 Å². The van der Waals surface area contributed by atoms with Gasteiger partial charge in [-0.25, -0.2) is 0 Å². The van der Waals surface area contributed by atoms with Crippen LogP contribution in [0.25, 0.3) is 0 Å². The summed E-state index contributed by atoms with van der Waals surface area (Å²) < 4.78 is 23.8. The summed E-state index contributed by atoms with van der Waals surface area (Å²) in [7, 11) is -2.43. The zero-order valence-electron chi connectivity index (χ0n) is 12.5. The van der Waals surface area contributed by atoms with Crippen LogP contribution in [0.1, 0.15) is 53.4 Å². The van der Waals surface area contributed by atoms with Crippen LogP contribution in [0.3, 0.4) is 0 Å².